The van der Waals surface area contributed by atoms with Crippen LogP contribution in [0.1, 0.15) is 36.2 Å². The maximum absolute atomic E-state index is 13.3. The topological polar surface area (TPSA) is 103 Å². The maximum atomic E-state index is 13.3. The van der Waals surface area contributed by atoms with E-state index < -0.39 is 17.7 Å². The number of carbonyl (C=O) groups excluding carboxylic acids is 3. The number of carbonyl (C=O) groups is 3. The molecule has 4 heterocycles. The molecular formula is C25H25N3O5S. The van der Waals surface area contributed by atoms with E-state index in [-0.39, 0.29) is 23.5 Å². The summed E-state index contributed by atoms with van der Waals surface area (Å²) in [4.78, 5) is 45.9. The second-order valence-electron chi connectivity index (χ2n) is 8.39. The Balaban J connectivity index is 1.53. The zero-order valence-corrected chi connectivity index (χ0v) is 19.5. The molecule has 176 valence electrons. The SMILES string of the molecule is CCOC(=O)N1CCC(N2C(=O)C(=O)/C(=C(\O)c3c[nH]c4ccccc34)C2c2cccs2)CC1. The van der Waals surface area contributed by atoms with E-state index in [9.17, 15) is 19.5 Å². The number of aliphatic hydroxyl groups is 1. The van der Waals surface area contributed by atoms with Gasteiger partial charge < -0.3 is 24.6 Å². The first-order valence-electron chi connectivity index (χ1n) is 11.3. The van der Waals surface area contributed by atoms with Gasteiger partial charge in [-0.1, -0.05) is 24.3 Å². The third-order valence-electron chi connectivity index (χ3n) is 6.52. The predicted octanol–water partition coefficient (Wildman–Crippen LogP) is 4.27. The highest BCUT2D eigenvalue weighted by Gasteiger charge is 2.50. The molecule has 1 atom stereocenters. The molecule has 2 aromatic heterocycles. The Morgan fingerprint density at radius 1 is 1.18 bits per heavy atom. The summed E-state index contributed by atoms with van der Waals surface area (Å²) in [6.07, 6.45) is 2.36. The van der Waals surface area contributed by atoms with Crippen LogP contribution in [0, 0.1) is 0 Å². The molecule has 0 spiro atoms. The Hall–Kier alpha value is -3.59. The average Bonchev–Trinajstić information content (AvgIpc) is 3.58. The van der Waals surface area contributed by atoms with Crippen molar-refractivity contribution in [3.8, 4) is 0 Å². The third kappa shape index (κ3) is 3.66. The van der Waals surface area contributed by atoms with Crippen LogP contribution in [0.25, 0.3) is 16.7 Å². The molecule has 0 aliphatic carbocycles. The Morgan fingerprint density at radius 3 is 2.65 bits per heavy atom. The van der Waals surface area contributed by atoms with Crippen molar-refractivity contribution in [1.29, 1.82) is 0 Å². The number of aliphatic hydroxyl groups excluding tert-OH is 1. The Labute approximate surface area is 200 Å². The number of aromatic amines is 1. The van der Waals surface area contributed by atoms with Crippen LogP contribution in [0.3, 0.4) is 0 Å². The molecular weight excluding hydrogens is 454 g/mol. The molecule has 2 aliphatic rings. The third-order valence-corrected chi connectivity index (χ3v) is 7.45. The van der Waals surface area contributed by atoms with Crippen LogP contribution < -0.4 is 0 Å². The number of hydrogen-bond acceptors (Lipinski definition) is 6. The average molecular weight is 480 g/mol. The first-order valence-corrected chi connectivity index (χ1v) is 12.2. The number of nitrogens with one attached hydrogen (secondary N) is 1. The number of thiophene rings is 1. The number of ketones is 1. The van der Waals surface area contributed by atoms with Gasteiger partial charge in [-0.25, -0.2) is 4.79 Å². The van der Waals surface area contributed by atoms with E-state index in [2.05, 4.69) is 4.98 Å². The summed E-state index contributed by atoms with van der Waals surface area (Å²) in [5, 5.41) is 14.0. The zero-order chi connectivity index (χ0) is 23.8. The molecule has 2 amide bonds. The monoisotopic (exact) mass is 479 g/mol. The molecule has 0 radical (unpaired) electrons. The second-order valence-corrected chi connectivity index (χ2v) is 9.37. The number of para-hydroxylation sites is 1. The molecule has 2 aliphatic heterocycles. The lowest BCUT2D eigenvalue weighted by Gasteiger charge is -2.38. The van der Waals surface area contributed by atoms with Crippen molar-refractivity contribution in [2.45, 2.75) is 31.8 Å². The van der Waals surface area contributed by atoms with E-state index in [0.717, 1.165) is 15.8 Å². The van der Waals surface area contributed by atoms with Crippen molar-refractivity contribution >= 4 is 45.8 Å². The van der Waals surface area contributed by atoms with Crippen LogP contribution in [0.5, 0.6) is 0 Å². The van der Waals surface area contributed by atoms with Crippen LogP contribution in [0.2, 0.25) is 0 Å². The molecule has 8 nitrogen and oxygen atoms in total. The molecule has 5 rings (SSSR count). The van der Waals surface area contributed by atoms with Crippen LogP contribution in [0.15, 0.2) is 53.5 Å². The lowest BCUT2D eigenvalue weighted by Crippen LogP contribution is -2.48. The van der Waals surface area contributed by atoms with Crippen LogP contribution in [-0.2, 0) is 14.3 Å². The number of nitrogens with zero attached hydrogens (tertiary/aromatic N) is 2. The highest BCUT2D eigenvalue weighted by molar-refractivity contribution is 7.10. The quantitative estimate of drug-likeness (QED) is 0.330. The molecule has 2 saturated heterocycles. The molecule has 2 N–H and O–H groups in total. The summed E-state index contributed by atoms with van der Waals surface area (Å²) in [6, 6.07) is 10.3. The Morgan fingerprint density at radius 2 is 1.94 bits per heavy atom. The highest BCUT2D eigenvalue weighted by atomic mass is 32.1. The normalized spacial score (nSPS) is 20.9. The summed E-state index contributed by atoms with van der Waals surface area (Å²) in [5.74, 6) is -1.48. The van der Waals surface area contributed by atoms with Gasteiger partial charge in [0.05, 0.1) is 18.2 Å². The minimum absolute atomic E-state index is 0.102. The molecule has 34 heavy (non-hydrogen) atoms. The van der Waals surface area contributed by atoms with Gasteiger partial charge in [-0.2, -0.15) is 0 Å². The summed E-state index contributed by atoms with van der Waals surface area (Å²) in [7, 11) is 0. The number of ether oxygens (including phenoxy) is 1. The number of amides is 2. The summed E-state index contributed by atoms with van der Waals surface area (Å²) < 4.78 is 5.10. The van der Waals surface area contributed by atoms with Crippen molar-refractivity contribution in [3.63, 3.8) is 0 Å². The number of rotatable bonds is 4. The van der Waals surface area contributed by atoms with Gasteiger partial charge in [-0.3, -0.25) is 9.59 Å². The zero-order valence-electron chi connectivity index (χ0n) is 18.7. The first-order chi connectivity index (χ1) is 16.5. The van der Waals surface area contributed by atoms with Gasteiger partial charge in [0.25, 0.3) is 11.7 Å². The fourth-order valence-electron chi connectivity index (χ4n) is 4.91. The smallest absolute Gasteiger partial charge is 0.409 e. The Kier molecular flexibility index (Phi) is 5.87. The molecule has 0 saturated carbocycles. The molecule has 1 unspecified atom stereocenters. The fraction of sp³-hybridized carbons (Fsp3) is 0.320. The number of piperidine rings is 1. The Bertz CT molecular complexity index is 1270. The van der Waals surface area contributed by atoms with E-state index in [1.807, 2.05) is 41.8 Å². The van der Waals surface area contributed by atoms with Crippen molar-refractivity contribution in [3.05, 3.63) is 64.0 Å². The van der Waals surface area contributed by atoms with Gasteiger partial charge in [0, 0.05) is 46.7 Å². The highest BCUT2D eigenvalue weighted by Crippen LogP contribution is 2.44. The van der Waals surface area contributed by atoms with Gasteiger partial charge >= 0.3 is 6.09 Å². The number of fused-ring (bicyclic) bond motifs is 1. The number of hydrogen-bond donors (Lipinski definition) is 2. The van der Waals surface area contributed by atoms with Crippen LogP contribution in [-0.4, -0.2) is 63.4 Å². The fourth-order valence-corrected chi connectivity index (χ4v) is 5.74. The van der Waals surface area contributed by atoms with Crippen LogP contribution in [0.4, 0.5) is 4.79 Å². The summed E-state index contributed by atoms with van der Waals surface area (Å²) in [6.45, 7) is 2.94. The van der Waals surface area contributed by atoms with Gasteiger partial charge in [-0.15, -0.1) is 11.3 Å². The van der Waals surface area contributed by atoms with E-state index in [1.54, 1.807) is 22.9 Å². The van der Waals surface area contributed by atoms with Crippen molar-refractivity contribution in [2.24, 2.45) is 0 Å². The minimum atomic E-state index is -0.686. The molecule has 1 aromatic carbocycles. The number of aromatic nitrogens is 1. The summed E-state index contributed by atoms with van der Waals surface area (Å²) >= 11 is 1.44. The van der Waals surface area contributed by atoms with Crippen molar-refractivity contribution < 1.29 is 24.2 Å². The van der Waals surface area contributed by atoms with Gasteiger partial charge in [0.1, 0.15) is 5.76 Å². The van der Waals surface area contributed by atoms with Crippen molar-refractivity contribution in [2.75, 3.05) is 19.7 Å². The second kappa shape index (κ2) is 8.98. The standard InChI is InChI=1S/C25H25N3O5S/c1-2-33-25(32)27-11-9-15(10-12-27)28-21(19-8-5-13-34-19)20(23(30)24(28)31)22(29)17-14-26-18-7-4-3-6-16(17)18/h3-8,13-15,21,26,29H,2,9-12H2,1H3/b22-20-. The number of benzene rings is 1. The first kappa shape index (κ1) is 22.2. The number of Topliss-reactive ketones (excluding diaryl/α,β-unsaturated/α-hetero) is 1. The summed E-state index contributed by atoms with van der Waals surface area (Å²) in [5.41, 5.74) is 1.43. The van der Waals surface area contributed by atoms with Gasteiger partial charge in [-0.05, 0) is 37.3 Å². The van der Waals surface area contributed by atoms with E-state index in [4.69, 9.17) is 4.74 Å². The number of likely N-dealkylation sites (tertiary alicyclic amines) is 2. The van der Waals surface area contributed by atoms with Crippen LogP contribution >= 0.6 is 11.3 Å². The minimum Gasteiger partial charge on any atom is -0.507 e. The predicted molar refractivity (Wildman–Crippen MR) is 128 cm³/mol. The molecule has 3 aromatic rings. The maximum Gasteiger partial charge on any atom is 0.409 e. The molecule has 2 fully saturated rings. The van der Waals surface area contributed by atoms with E-state index in [1.165, 1.54) is 11.3 Å². The number of H-pyrrole nitrogens is 1. The lowest BCUT2D eigenvalue weighted by atomic mass is 9.97. The largest absolute Gasteiger partial charge is 0.507 e. The van der Waals surface area contributed by atoms with E-state index >= 15 is 0 Å². The van der Waals surface area contributed by atoms with E-state index in [0.29, 0.717) is 38.1 Å². The van der Waals surface area contributed by atoms with Gasteiger partial charge in [0.2, 0.25) is 0 Å². The van der Waals surface area contributed by atoms with Crippen molar-refractivity contribution in [1.82, 2.24) is 14.8 Å². The van der Waals surface area contributed by atoms with Gasteiger partial charge in [0.15, 0.2) is 0 Å². The molecule has 0 bridgehead atoms. The lowest BCUT2D eigenvalue weighted by molar-refractivity contribution is -0.142. The molecule has 9 heteroatoms.